The van der Waals surface area contributed by atoms with Gasteiger partial charge in [-0.25, -0.2) is 0 Å². The molecule has 110 valence electrons. The van der Waals surface area contributed by atoms with Crippen molar-refractivity contribution < 1.29 is 14.3 Å². The van der Waals surface area contributed by atoms with E-state index in [1.165, 1.54) is 0 Å². The molecule has 5 nitrogen and oxygen atoms in total. The van der Waals surface area contributed by atoms with Gasteiger partial charge >= 0.3 is 0 Å². The topological polar surface area (TPSA) is 42.0 Å². The molecule has 0 aromatic heterocycles. The van der Waals surface area contributed by atoms with Crippen LogP contribution in [-0.4, -0.2) is 58.6 Å². The summed E-state index contributed by atoms with van der Waals surface area (Å²) in [7, 11) is 7.35. The van der Waals surface area contributed by atoms with Gasteiger partial charge in [-0.05, 0) is 26.6 Å². The normalized spacial score (nSPS) is 18.4. The predicted octanol–water partition coefficient (Wildman–Crippen LogP) is 1.66. The summed E-state index contributed by atoms with van der Waals surface area (Å²) in [4.78, 5) is 15.8. The van der Waals surface area contributed by atoms with Gasteiger partial charge in [0.05, 0.1) is 19.9 Å². The molecule has 1 aromatic carbocycles. The second kappa shape index (κ2) is 6.13. The van der Waals surface area contributed by atoms with Crippen molar-refractivity contribution in [2.24, 2.45) is 0 Å². The molecule has 1 aliphatic heterocycles. The lowest BCUT2D eigenvalue weighted by Gasteiger charge is -2.24. The zero-order valence-electron chi connectivity index (χ0n) is 12.5. The van der Waals surface area contributed by atoms with Crippen LogP contribution in [0, 0.1) is 0 Å². The molecule has 1 heterocycles. The first-order valence-corrected chi connectivity index (χ1v) is 6.73. The molecule has 0 saturated carbocycles. The van der Waals surface area contributed by atoms with Crippen molar-refractivity contribution in [2.45, 2.75) is 12.5 Å². The highest BCUT2D eigenvalue weighted by Crippen LogP contribution is 2.36. The second-order valence-corrected chi connectivity index (χ2v) is 5.24. The molecule has 0 bridgehead atoms. The van der Waals surface area contributed by atoms with Crippen molar-refractivity contribution in [3.8, 4) is 11.5 Å². The Bertz CT molecular complexity index is 488. The molecule has 0 aliphatic carbocycles. The van der Waals surface area contributed by atoms with E-state index < -0.39 is 0 Å². The van der Waals surface area contributed by atoms with Gasteiger partial charge in [0.2, 0.25) is 0 Å². The molecule has 0 spiro atoms. The zero-order valence-corrected chi connectivity index (χ0v) is 12.5. The highest BCUT2D eigenvalue weighted by Gasteiger charge is 2.26. The maximum absolute atomic E-state index is 11.3. The molecule has 0 N–H and O–H groups in total. The van der Waals surface area contributed by atoms with Gasteiger partial charge in [0, 0.05) is 30.8 Å². The van der Waals surface area contributed by atoms with Crippen LogP contribution in [0.4, 0.5) is 5.69 Å². The number of carbonyl (C=O) groups is 1. The van der Waals surface area contributed by atoms with E-state index in [4.69, 9.17) is 9.47 Å². The third kappa shape index (κ3) is 2.72. The number of hydrogen-bond donors (Lipinski definition) is 0. The molecule has 1 saturated heterocycles. The third-order valence-corrected chi connectivity index (χ3v) is 3.89. The number of benzene rings is 1. The second-order valence-electron chi connectivity index (χ2n) is 5.24. The lowest BCUT2D eigenvalue weighted by Crippen LogP contribution is -2.31. The molecule has 1 aliphatic rings. The largest absolute Gasteiger partial charge is 0.493 e. The van der Waals surface area contributed by atoms with E-state index in [0.717, 1.165) is 31.5 Å². The first-order valence-electron chi connectivity index (χ1n) is 6.73. The smallest absolute Gasteiger partial charge is 0.162 e. The predicted molar refractivity (Wildman–Crippen MR) is 79.2 cm³/mol. The Morgan fingerprint density at radius 3 is 2.40 bits per heavy atom. The molecular weight excluding hydrogens is 256 g/mol. The molecule has 2 rings (SSSR count). The van der Waals surface area contributed by atoms with Crippen LogP contribution < -0.4 is 14.4 Å². The number of ether oxygens (including phenoxy) is 2. The van der Waals surface area contributed by atoms with Crippen molar-refractivity contribution in [1.29, 1.82) is 0 Å². The standard InChI is InChI=1S/C15H22N2O3/c1-16(2)12-5-6-17(9-12)13-8-15(20-4)14(19-3)7-11(13)10-18/h7-8,10,12H,5-6,9H2,1-4H3. The molecular formula is C15H22N2O3. The number of methoxy groups -OCH3 is 2. The van der Waals surface area contributed by atoms with E-state index in [9.17, 15) is 4.79 Å². The van der Waals surface area contributed by atoms with Gasteiger partial charge in [-0.2, -0.15) is 0 Å². The SMILES string of the molecule is COc1cc(C=O)c(N2CCC(N(C)C)C2)cc1OC. The Kier molecular flexibility index (Phi) is 4.49. The van der Waals surface area contributed by atoms with Gasteiger partial charge in [-0.3, -0.25) is 4.79 Å². The van der Waals surface area contributed by atoms with Crippen LogP contribution in [-0.2, 0) is 0 Å². The number of anilines is 1. The average Bonchev–Trinajstić information content (AvgIpc) is 2.95. The molecule has 1 unspecified atom stereocenters. The van der Waals surface area contributed by atoms with Gasteiger partial charge < -0.3 is 19.3 Å². The molecule has 5 heteroatoms. The maximum atomic E-state index is 11.3. The van der Waals surface area contributed by atoms with Gasteiger partial charge in [0.15, 0.2) is 17.8 Å². The minimum Gasteiger partial charge on any atom is -0.493 e. The third-order valence-electron chi connectivity index (χ3n) is 3.89. The highest BCUT2D eigenvalue weighted by atomic mass is 16.5. The van der Waals surface area contributed by atoms with Crippen molar-refractivity contribution >= 4 is 12.0 Å². The average molecular weight is 278 g/mol. The summed E-state index contributed by atoms with van der Waals surface area (Å²) >= 11 is 0. The van der Waals surface area contributed by atoms with Crippen LogP contribution >= 0.6 is 0 Å². The van der Waals surface area contributed by atoms with Crippen molar-refractivity contribution in [1.82, 2.24) is 4.90 Å². The summed E-state index contributed by atoms with van der Waals surface area (Å²) in [6.45, 7) is 1.86. The van der Waals surface area contributed by atoms with Crippen molar-refractivity contribution in [3.05, 3.63) is 17.7 Å². The van der Waals surface area contributed by atoms with Crippen LogP contribution in [0.1, 0.15) is 16.8 Å². The maximum Gasteiger partial charge on any atom is 0.162 e. The lowest BCUT2D eigenvalue weighted by molar-refractivity contribution is 0.112. The van der Waals surface area contributed by atoms with E-state index in [0.29, 0.717) is 23.1 Å². The Balaban J connectivity index is 2.33. The van der Waals surface area contributed by atoms with Crippen LogP contribution in [0.2, 0.25) is 0 Å². The molecule has 1 fully saturated rings. The summed E-state index contributed by atoms with van der Waals surface area (Å²) in [5, 5.41) is 0. The number of carbonyl (C=O) groups excluding carboxylic acids is 1. The van der Waals surface area contributed by atoms with Gasteiger partial charge in [-0.1, -0.05) is 0 Å². The summed E-state index contributed by atoms with van der Waals surface area (Å²) in [6.07, 6.45) is 1.97. The summed E-state index contributed by atoms with van der Waals surface area (Å²) < 4.78 is 10.6. The number of aldehydes is 1. The minimum atomic E-state index is 0.516. The van der Waals surface area contributed by atoms with E-state index >= 15 is 0 Å². The quantitative estimate of drug-likeness (QED) is 0.766. The van der Waals surface area contributed by atoms with Crippen LogP contribution in [0.25, 0.3) is 0 Å². The van der Waals surface area contributed by atoms with Crippen molar-refractivity contribution in [3.63, 3.8) is 0 Å². The molecule has 0 radical (unpaired) electrons. The fourth-order valence-electron chi connectivity index (χ4n) is 2.63. The van der Waals surface area contributed by atoms with E-state index in [-0.39, 0.29) is 0 Å². The van der Waals surface area contributed by atoms with Gasteiger partial charge in [-0.15, -0.1) is 0 Å². The highest BCUT2D eigenvalue weighted by molar-refractivity contribution is 5.86. The summed E-state index contributed by atoms with van der Waals surface area (Å²) in [5.74, 6) is 1.24. The number of hydrogen-bond acceptors (Lipinski definition) is 5. The fourth-order valence-corrected chi connectivity index (χ4v) is 2.63. The zero-order chi connectivity index (χ0) is 14.7. The summed E-state index contributed by atoms with van der Waals surface area (Å²) in [5.41, 5.74) is 1.56. The monoisotopic (exact) mass is 278 g/mol. The fraction of sp³-hybridized carbons (Fsp3) is 0.533. The first-order chi connectivity index (χ1) is 9.60. The van der Waals surface area contributed by atoms with E-state index in [2.05, 4.69) is 23.9 Å². The van der Waals surface area contributed by atoms with E-state index in [1.54, 1.807) is 20.3 Å². The summed E-state index contributed by atoms with van der Waals surface area (Å²) in [6, 6.07) is 4.15. The Morgan fingerprint density at radius 2 is 1.90 bits per heavy atom. The number of likely N-dealkylation sites (N-methyl/N-ethyl adjacent to an activating group) is 1. The minimum absolute atomic E-state index is 0.516. The van der Waals surface area contributed by atoms with E-state index in [1.807, 2.05) is 6.07 Å². The molecule has 0 amide bonds. The van der Waals surface area contributed by atoms with Crippen LogP contribution in [0.5, 0.6) is 11.5 Å². The number of nitrogens with zero attached hydrogens (tertiary/aromatic N) is 2. The first kappa shape index (κ1) is 14.7. The van der Waals surface area contributed by atoms with Crippen LogP contribution in [0.3, 0.4) is 0 Å². The van der Waals surface area contributed by atoms with Crippen LogP contribution in [0.15, 0.2) is 12.1 Å². The molecule has 1 aromatic rings. The molecule has 20 heavy (non-hydrogen) atoms. The lowest BCUT2D eigenvalue weighted by atomic mass is 10.1. The molecule has 1 atom stereocenters. The Labute approximate surface area is 120 Å². The Morgan fingerprint density at radius 1 is 1.25 bits per heavy atom. The van der Waals surface area contributed by atoms with Gasteiger partial charge in [0.1, 0.15) is 0 Å². The van der Waals surface area contributed by atoms with Gasteiger partial charge in [0.25, 0.3) is 0 Å². The number of rotatable bonds is 5. The Hall–Kier alpha value is -1.75. The van der Waals surface area contributed by atoms with Crippen molar-refractivity contribution in [2.75, 3.05) is 46.3 Å².